The van der Waals surface area contributed by atoms with Crippen LogP contribution >= 0.6 is 0 Å². The van der Waals surface area contributed by atoms with E-state index in [2.05, 4.69) is 6.08 Å². The Morgan fingerprint density at radius 3 is 2.14 bits per heavy atom. The maximum absolute atomic E-state index is 5.27. The molecule has 0 fully saturated rings. The van der Waals surface area contributed by atoms with Crippen molar-refractivity contribution >= 4 is 0 Å². The maximum atomic E-state index is 5.27. The molecule has 2 nitrogen and oxygen atoms in total. The van der Waals surface area contributed by atoms with Crippen molar-refractivity contribution in [2.24, 2.45) is 0 Å². The van der Waals surface area contributed by atoms with Crippen molar-refractivity contribution in [1.29, 1.82) is 0 Å². The van der Waals surface area contributed by atoms with Gasteiger partial charge in [-0.3, -0.25) is 0 Å². The summed E-state index contributed by atoms with van der Waals surface area (Å²) < 4.78 is 10.5. The maximum Gasteiger partial charge on any atom is 0.126 e. The number of benzene rings is 1. The molecule has 0 aromatic heterocycles. The van der Waals surface area contributed by atoms with Gasteiger partial charge >= 0.3 is 0 Å². The van der Waals surface area contributed by atoms with Crippen molar-refractivity contribution < 1.29 is 9.47 Å². The van der Waals surface area contributed by atoms with Crippen LogP contribution in [0, 0.1) is 0 Å². The Kier molecular flexibility index (Phi) is 4.05. The lowest BCUT2D eigenvalue weighted by Gasteiger charge is -2.10. The molecular formula is C12H16O2. The first-order valence-electron chi connectivity index (χ1n) is 4.64. The zero-order valence-electron chi connectivity index (χ0n) is 8.91. The Labute approximate surface area is 85.2 Å². The minimum atomic E-state index is 0.837. The topological polar surface area (TPSA) is 18.5 Å². The number of rotatable bonds is 4. The quantitative estimate of drug-likeness (QED) is 0.683. The largest absolute Gasteiger partial charge is 0.496 e. The Morgan fingerprint density at radius 1 is 1.14 bits per heavy atom. The summed E-state index contributed by atoms with van der Waals surface area (Å²) in [6, 6.07) is 5.82. The zero-order valence-corrected chi connectivity index (χ0v) is 8.91. The van der Waals surface area contributed by atoms with Crippen molar-refractivity contribution in [2.45, 2.75) is 13.3 Å². The van der Waals surface area contributed by atoms with Gasteiger partial charge in [-0.2, -0.15) is 0 Å². The molecule has 76 valence electrons. The first-order valence-corrected chi connectivity index (χ1v) is 4.64. The van der Waals surface area contributed by atoms with E-state index in [-0.39, 0.29) is 0 Å². The summed E-state index contributed by atoms with van der Waals surface area (Å²) in [6.45, 7) is 2.00. The molecule has 0 aliphatic carbocycles. The van der Waals surface area contributed by atoms with Crippen molar-refractivity contribution in [1.82, 2.24) is 0 Å². The van der Waals surface area contributed by atoms with Crippen LogP contribution in [0.15, 0.2) is 30.4 Å². The Bertz CT molecular complexity index is 294. The zero-order chi connectivity index (χ0) is 10.4. The summed E-state index contributed by atoms with van der Waals surface area (Å²) in [5.41, 5.74) is 1.09. The molecule has 0 aliphatic rings. The first kappa shape index (κ1) is 10.6. The van der Waals surface area contributed by atoms with E-state index in [1.807, 2.05) is 31.2 Å². The second-order valence-corrected chi connectivity index (χ2v) is 2.91. The smallest absolute Gasteiger partial charge is 0.126 e. The van der Waals surface area contributed by atoms with Gasteiger partial charge < -0.3 is 9.47 Å². The van der Waals surface area contributed by atoms with Gasteiger partial charge in [-0.25, -0.2) is 0 Å². The van der Waals surface area contributed by atoms with Gasteiger partial charge in [0.2, 0.25) is 0 Å². The Balaban J connectivity index is 3.05. The predicted octanol–water partition coefficient (Wildman–Crippen LogP) is 2.82. The summed E-state index contributed by atoms with van der Waals surface area (Å²) in [4.78, 5) is 0. The van der Waals surface area contributed by atoms with Crippen LogP contribution in [0.1, 0.15) is 12.5 Å². The molecule has 1 aromatic carbocycles. The lowest BCUT2D eigenvalue weighted by Crippen LogP contribution is -1.95. The fraction of sp³-hybridized carbons (Fsp3) is 0.333. The highest BCUT2D eigenvalue weighted by Gasteiger charge is 2.06. The van der Waals surface area contributed by atoms with Crippen LogP contribution < -0.4 is 9.47 Å². The fourth-order valence-electron chi connectivity index (χ4n) is 1.36. The average molecular weight is 192 g/mol. The van der Waals surface area contributed by atoms with E-state index in [9.17, 15) is 0 Å². The number of hydrogen-bond acceptors (Lipinski definition) is 2. The van der Waals surface area contributed by atoms with Gasteiger partial charge in [0, 0.05) is 5.56 Å². The minimum Gasteiger partial charge on any atom is -0.496 e. The lowest BCUT2D eigenvalue weighted by atomic mass is 10.1. The molecule has 1 rings (SSSR count). The second kappa shape index (κ2) is 5.32. The van der Waals surface area contributed by atoms with Crippen molar-refractivity contribution in [3.05, 3.63) is 35.9 Å². The molecule has 0 heterocycles. The number of ether oxygens (including phenoxy) is 2. The molecule has 0 saturated heterocycles. The van der Waals surface area contributed by atoms with Crippen LogP contribution in [-0.4, -0.2) is 14.2 Å². The van der Waals surface area contributed by atoms with Gasteiger partial charge in [-0.05, 0) is 25.5 Å². The molecule has 2 heteroatoms. The third-order valence-electron chi connectivity index (χ3n) is 2.09. The van der Waals surface area contributed by atoms with Crippen LogP contribution in [0.2, 0.25) is 0 Å². The molecule has 0 radical (unpaired) electrons. The second-order valence-electron chi connectivity index (χ2n) is 2.91. The van der Waals surface area contributed by atoms with Crippen molar-refractivity contribution in [2.75, 3.05) is 14.2 Å². The monoisotopic (exact) mass is 192 g/mol. The van der Waals surface area contributed by atoms with Crippen molar-refractivity contribution in [3.63, 3.8) is 0 Å². The van der Waals surface area contributed by atoms with Gasteiger partial charge in [-0.15, -0.1) is 0 Å². The van der Waals surface area contributed by atoms with E-state index < -0.39 is 0 Å². The lowest BCUT2D eigenvalue weighted by molar-refractivity contribution is 0.387. The molecule has 0 aliphatic heterocycles. The normalized spacial score (nSPS) is 10.5. The van der Waals surface area contributed by atoms with Gasteiger partial charge in [0.15, 0.2) is 0 Å². The standard InChI is InChI=1S/C12H16O2/c1-4-5-7-10-11(13-2)8-6-9-12(10)14-3/h4-6,8-9H,7H2,1-3H3/b5-4+. The van der Waals surface area contributed by atoms with E-state index in [1.54, 1.807) is 14.2 Å². The number of allylic oxidation sites excluding steroid dienone is 2. The average Bonchev–Trinajstić information content (AvgIpc) is 2.25. The minimum absolute atomic E-state index is 0.837. The predicted molar refractivity (Wildman–Crippen MR) is 58.1 cm³/mol. The summed E-state index contributed by atoms with van der Waals surface area (Å²) in [6.07, 6.45) is 4.94. The van der Waals surface area contributed by atoms with E-state index in [0.717, 1.165) is 23.5 Å². The fourth-order valence-corrected chi connectivity index (χ4v) is 1.36. The highest BCUT2D eigenvalue weighted by atomic mass is 16.5. The van der Waals surface area contributed by atoms with Crippen LogP contribution in [0.3, 0.4) is 0 Å². The van der Waals surface area contributed by atoms with Gasteiger partial charge in [-0.1, -0.05) is 18.2 Å². The molecule has 0 bridgehead atoms. The van der Waals surface area contributed by atoms with E-state index in [0.29, 0.717) is 0 Å². The van der Waals surface area contributed by atoms with Crippen LogP contribution in [0.5, 0.6) is 11.5 Å². The van der Waals surface area contributed by atoms with E-state index in [1.165, 1.54) is 0 Å². The number of hydrogen-bond donors (Lipinski definition) is 0. The molecule has 0 N–H and O–H groups in total. The van der Waals surface area contributed by atoms with Crippen LogP contribution in [-0.2, 0) is 6.42 Å². The molecule has 0 spiro atoms. The van der Waals surface area contributed by atoms with Crippen LogP contribution in [0.4, 0.5) is 0 Å². The number of methoxy groups -OCH3 is 2. The molecule has 0 unspecified atom stereocenters. The van der Waals surface area contributed by atoms with Gasteiger partial charge in [0.25, 0.3) is 0 Å². The summed E-state index contributed by atoms with van der Waals surface area (Å²) >= 11 is 0. The molecule has 0 atom stereocenters. The SMILES string of the molecule is C/C=C/Cc1c(OC)cccc1OC. The summed E-state index contributed by atoms with van der Waals surface area (Å²) in [7, 11) is 3.35. The van der Waals surface area contributed by atoms with Crippen LogP contribution in [0.25, 0.3) is 0 Å². The van der Waals surface area contributed by atoms with Crippen molar-refractivity contribution in [3.8, 4) is 11.5 Å². The third kappa shape index (κ3) is 2.28. The summed E-state index contributed by atoms with van der Waals surface area (Å²) in [5, 5.41) is 0. The third-order valence-corrected chi connectivity index (χ3v) is 2.09. The highest BCUT2D eigenvalue weighted by Crippen LogP contribution is 2.28. The summed E-state index contributed by atoms with van der Waals surface area (Å²) in [5.74, 6) is 1.75. The molecule has 14 heavy (non-hydrogen) atoms. The van der Waals surface area contributed by atoms with E-state index in [4.69, 9.17) is 9.47 Å². The molecule has 0 saturated carbocycles. The molecule has 0 amide bonds. The van der Waals surface area contributed by atoms with Gasteiger partial charge in [0.1, 0.15) is 11.5 Å². The first-order chi connectivity index (χ1) is 6.83. The van der Waals surface area contributed by atoms with E-state index >= 15 is 0 Å². The Hall–Kier alpha value is -1.44. The van der Waals surface area contributed by atoms with Gasteiger partial charge in [0.05, 0.1) is 14.2 Å². The Morgan fingerprint density at radius 2 is 1.71 bits per heavy atom. The molecule has 1 aromatic rings. The molecular weight excluding hydrogens is 176 g/mol. The highest BCUT2D eigenvalue weighted by molar-refractivity contribution is 5.45.